The second-order valence-electron chi connectivity index (χ2n) is 6.34. The third kappa shape index (κ3) is 6.90. The molecular weight excluding hydrogens is 483 g/mol. The molecule has 0 saturated heterocycles. The molecule has 2 heterocycles. The highest BCUT2D eigenvalue weighted by Crippen LogP contribution is 2.07. The van der Waals surface area contributed by atoms with Crippen molar-refractivity contribution in [1.29, 1.82) is 0 Å². The van der Waals surface area contributed by atoms with Crippen LogP contribution in [0.3, 0.4) is 0 Å². The van der Waals surface area contributed by atoms with Gasteiger partial charge in [0.1, 0.15) is 12.4 Å². The quantitative estimate of drug-likeness (QED) is 0.210. The molecule has 0 radical (unpaired) electrons. The number of aromatic nitrogens is 3. The standard InChI is InChI=1S/C20H26N6S.HI/c1-16-24-25-19(26(16)2)15-23-20(22-14-18-11-7-13-27-18)21-12-6-10-17-8-4-3-5-9-17;/h3-5,7-9,11,13H,6,10,12,14-15H2,1-2H3,(H2,21,22,23);1H. The minimum absolute atomic E-state index is 0. The zero-order valence-corrected chi connectivity index (χ0v) is 19.4. The number of benzene rings is 1. The maximum Gasteiger partial charge on any atom is 0.192 e. The Labute approximate surface area is 187 Å². The Morgan fingerprint density at radius 1 is 1.11 bits per heavy atom. The summed E-state index contributed by atoms with van der Waals surface area (Å²) in [7, 11) is 1.96. The topological polar surface area (TPSA) is 67.1 Å². The number of rotatable bonds is 8. The summed E-state index contributed by atoms with van der Waals surface area (Å²) in [5.74, 6) is 2.55. The number of aliphatic imine (C=N–C) groups is 1. The first kappa shape index (κ1) is 22.4. The van der Waals surface area contributed by atoms with Crippen LogP contribution in [0.1, 0.15) is 28.5 Å². The van der Waals surface area contributed by atoms with Crippen LogP contribution in [0.25, 0.3) is 0 Å². The molecule has 0 unspecified atom stereocenters. The Bertz CT molecular complexity index is 845. The number of guanidine groups is 1. The van der Waals surface area contributed by atoms with Gasteiger partial charge >= 0.3 is 0 Å². The zero-order chi connectivity index (χ0) is 18.9. The molecule has 0 aliphatic heterocycles. The fraction of sp³-hybridized carbons (Fsp3) is 0.350. The van der Waals surface area contributed by atoms with Crippen molar-refractivity contribution in [2.45, 2.75) is 32.9 Å². The van der Waals surface area contributed by atoms with E-state index in [-0.39, 0.29) is 24.0 Å². The maximum absolute atomic E-state index is 4.69. The monoisotopic (exact) mass is 510 g/mol. The molecular formula is C20H27IN6S. The molecule has 28 heavy (non-hydrogen) atoms. The molecule has 3 rings (SSSR count). The highest BCUT2D eigenvalue weighted by Gasteiger charge is 2.05. The van der Waals surface area contributed by atoms with Crippen molar-refractivity contribution >= 4 is 41.3 Å². The van der Waals surface area contributed by atoms with Gasteiger partial charge in [-0.25, -0.2) is 4.99 Å². The van der Waals surface area contributed by atoms with E-state index in [1.54, 1.807) is 11.3 Å². The van der Waals surface area contributed by atoms with Crippen LogP contribution in [0.5, 0.6) is 0 Å². The van der Waals surface area contributed by atoms with E-state index >= 15 is 0 Å². The van der Waals surface area contributed by atoms with Crippen molar-refractivity contribution < 1.29 is 0 Å². The van der Waals surface area contributed by atoms with Crippen LogP contribution in [0.4, 0.5) is 0 Å². The van der Waals surface area contributed by atoms with Crippen LogP contribution in [-0.4, -0.2) is 27.3 Å². The molecule has 8 heteroatoms. The molecule has 0 spiro atoms. The normalized spacial score (nSPS) is 11.1. The van der Waals surface area contributed by atoms with Crippen LogP contribution in [-0.2, 0) is 26.6 Å². The van der Waals surface area contributed by atoms with E-state index in [4.69, 9.17) is 0 Å². The number of nitrogens with zero attached hydrogens (tertiary/aromatic N) is 4. The lowest BCUT2D eigenvalue weighted by Gasteiger charge is -2.12. The summed E-state index contributed by atoms with van der Waals surface area (Å²) in [5.41, 5.74) is 1.36. The van der Waals surface area contributed by atoms with E-state index in [0.29, 0.717) is 6.54 Å². The predicted molar refractivity (Wildman–Crippen MR) is 126 cm³/mol. The lowest BCUT2D eigenvalue weighted by Crippen LogP contribution is -2.37. The Hall–Kier alpha value is -1.94. The van der Waals surface area contributed by atoms with Gasteiger partial charge in [-0.3, -0.25) is 0 Å². The van der Waals surface area contributed by atoms with Crippen molar-refractivity contribution in [3.8, 4) is 0 Å². The van der Waals surface area contributed by atoms with Crippen molar-refractivity contribution in [2.24, 2.45) is 12.0 Å². The summed E-state index contributed by atoms with van der Waals surface area (Å²) >= 11 is 1.74. The predicted octanol–water partition coefficient (Wildman–Crippen LogP) is 3.67. The number of aryl methyl sites for hydroxylation is 2. The number of hydrogen-bond acceptors (Lipinski definition) is 4. The molecule has 2 aromatic heterocycles. The van der Waals surface area contributed by atoms with Gasteiger partial charge in [-0.15, -0.1) is 45.5 Å². The maximum atomic E-state index is 4.69. The van der Waals surface area contributed by atoms with E-state index < -0.39 is 0 Å². The average molecular weight is 510 g/mol. The fourth-order valence-corrected chi connectivity index (χ4v) is 3.29. The highest BCUT2D eigenvalue weighted by atomic mass is 127. The molecule has 0 atom stereocenters. The van der Waals surface area contributed by atoms with Crippen LogP contribution < -0.4 is 10.6 Å². The molecule has 6 nitrogen and oxygen atoms in total. The molecule has 0 bridgehead atoms. The van der Waals surface area contributed by atoms with Gasteiger partial charge in [0.15, 0.2) is 11.8 Å². The van der Waals surface area contributed by atoms with Crippen LogP contribution >= 0.6 is 35.3 Å². The zero-order valence-electron chi connectivity index (χ0n) is 16.3. The van der Waals surface area contributed by atoms with E-state index in [2.05, 4.69) is 73.7 Å². The summed E-state index contributed by atoms with van der Waals surface area (Å²) in [6.07, 6.45) is 2.10. The third-order valence-corrected chi connectivity index (χ3v) is 5.23. The van der Waals surface area contributed by atoms with E-state index in [9.17, 15) is 0 Å². The molecule has 0 amide bonds. The van der Waals surface area contributed by atoms with Crippen LogP contribution in [0.2, 0.25) is 0 Å². The molecule has 0 fully saturated rings. The van der Waals surface area contributed by atoms with E-state index in [1.807, 2.05) is 18.5 Å². The van der Waals surface area contributed by atoms with Crippen molar-refractivity contribution in [3.05, 3.63) is 69.9 Å². The lowest BCUT2D eigenvalue weighted by atomic mass is 10.1. The summed E-state index contributed by atoms with van der Waals surface area (Å²) < 4.78 is 1.97. The van der Waals surface area contributed by atoms with Crippen LogP contribution in [0.15, 0.2) is 52.8 Å². The Morgan fingerprint density at radius 2 is 1.93 bits per heavy atom. The number of halogens is 1. The highest BCUT2D eigenvalue weighted by molar-refractivity contribution is 14.0. The molecule has 2 N–H and O–H groups in total. The number of thiophene rings is 1. The summed E-state index contributed by atoms with van der Waals surface area (Å²) in [4.78, 5) is 5.97. The van der Waals surface area contributed by atoms with Crippen molar-refractivity contribution in [1.82, 2.24) is 25.4 Å². The average Bonchev–Trinajstić information content (AvgIpc) is 3.32. The second kappa shape index (κ2) is 11.8. The Kier molecular flexibility index (Phi) is 9.42. The van der Waals surface area contributed by atoms with Crippen molar-refractivity contribution in [3.63, 3.8) is 0 Å². The number of nitrogens with one attached hydrogen (secondary N) is 2. The van der Waals surface area contributed by atoms with Gasteiger partial charge in [-0.1, -0.05) is 36.4 Å². The van der Waals surface area contributed by atoms with Gasteiger partial charge in [0.05, 0.1) is 6.54 Å². The first-order valence-corrected chi connectivity index (χ1v) is 10.0. The molecule has 0 aliphatic rings. The molecule has 0 saturated carbocycles. The largest absolute Gasteiger partial charge is 0.356 e. The summed E-state index contributed by atoms with van der Waals surface area (Å²) in [6.45, 7) is 4.07. The lowest BCUT2D eigenvalue weighted by molar-refractivity contribution is 0.726. The van der Waals surface area contributed by atoms with Gasteiger partial charge in [-0.2, -0.15) is 0 Å². The van der Waals surface area contributed by atoms with Gasteiger partial charge < -0.3 is 15.2 Å². The Morgan fingerprint density at radius 3 is 2.61 bits per heavy atom. The summed E-state index contributed by atoms with van der Waals surface area (Å²) in [6, 6.07) is 14.7. The minimum atomic E-state index is 0. The van der Waals surface area contributed by atoms with Gasteiger partial charge in [0.25, 0.3) is 0 Å². The minimum Gasteiger partial charge on any atom is -0.356 e. The molecule has 1 aromatic carbocycles. The van der Waals surface area contributed by atoms with Crippen LogP contribution in [0, 0.1) is 6.92 Å². The number of hydrogen-bond donors (Lipinski definition) is 2. The summed E-state index contributed by atoms with van der Waals surface area (Å²) in [5, 5.41) is 17.2. The molecule has 0 aliphatic carbocycles. The fourth-order valence-electron chi connectivity index (χ4n) is 2.64. The van der Waals surface area contributed by atoms with Gasteiger partial charge in [0, 0.05) is 18.5 Å². The Balaban J connectivity index is 0.00000280. The van der Waals surface area contributed by atoms with Gasteiger partial charge in [-0.05, 0) is 36.8 Å². The van der Waals surface area contributed by atoms with Gasteiger partial charge in [0.2, 0.25) is 0 Å². The van der Waals surface area contributed by atoms with E-state index in [0.717, 1.165) is 43.5 Å². The third-order valence-electron chi connectivity index (χ3n) is 4.35. The first-order chi connectivity index (χ1) is 13.2. The second-order valence-corrected chi connectivity index (χ2v) is 7.37. The van der Waals surface area contributed by atoms with E-state index in [1.165, 1.54) is 10.4 Å². The molecule has 3 aromatic rings. The smallest absolute Gasteiger partial charge is 0.192 e. The molecule has 150 valence electrons. The SMILES string of the molecule is Cc1nnc(CN=C(NCCCc2ccccc2)NCc2cccs2)n1C.I. The van der Waals surface area contributed by atoms with Crippen molar-refractivity contribution in [2.75, 3.05) is 6.54 Å². The first-order valence-electron chi connectivity index (χ1n) is 9.16.